The van der Waals surface area contributed by atoms with Gasteiger partial charge in [0.15, 0.2) is 0 Å². The average Bonchev–Trinajstić information content (AvgIpc) is 2.49. The molecule has 3 nitrogen and oxygen atoms in total. The molecule has 1 saturated carbocycles. The van der Waals surface area contributed by atoms with Gasteiger partial charge in [0, 0.05) is 18.7 Å². The number of ether oxygens (including phenoxy) is 1. The second kappa shape index (κ2) is 8.40. The summed E-state index contributed by atoms with van der Waals surface area (Å²) in [6, 6.07) is 7.81. The third-order valence-corrected chi connectivity index (χ3v) is 4.36. The molecule has 0 aromatic heterocycles. The molecule has 0 heterocycles. The minimum absolute atomic E-state index is 0.485. The Balaban J connectivity index is 1.89. The molecule has 0 amide bonds. The molecule has 1 N–H and O–H groups in total. The zero-order valence-corrected chi connectivity index (χ0v) is 13.4. The molecule has 3 heteroatoms. The van der Waals surface area contributed by atoms with Crippen LogP contribution in [0.25, 0.3) is 0 Å². The second-order valence-electron chi connectivity index (χ2n) is 6.21. The van der Waals surface area contributed by atoms with Gasteiger partial charge in [-0.05, 0) is 38.8 Å². The maximum Gasteiger partial charge on any atom is 0.125 e. The van der Waals surface area contributed by atoms with E-state index in [0.717, 1.165) is 23.8 Å². The van der Waals surface area contributed by atoms with Gasteiger partial charge in [-0.1, -0.05) is 37.5 Å². The van der Waals surface area contributed by atoms with Crippen molar-refractivity contribution in [1.82, 2.24) is 4.90 Å². The summed E-state index contributed by atoms with van der Waals surface area (Å²) in [6.45, 7) is 4.36. The van der Waals surface area contributed by atoms with Gasteiger partial charge < -0.3 is 14.7 Å². The molecule has 21 heavy (non-hydrogen) atoms. The Morgan fingerprint density at radius 3 is 2.67 bits per heavy atom. The van der Waals surface area contributed by atoms with E-state index >= 15 is 0 Å². The molecule has 0 bridgehead atoms. The molecule has 0 radical (unpaired) electrons. The number of benzene rings is 1. The molecule has 118 valence electrons. The number of hydrogen-bond donors (Lipinski definition) is 1. The van der Waals surface area contributed by atoms with E-state index in [1.807, 2.05) is 31.2 Å². The molecule has 0 saturated heterocycles. The normalized spacial score (nSPS) is 17.9. The Labute approximate surface area is 128 Å². The van der Waals surface area contributed by atoms with Crippen LogP contribution >= 0.6 is 0 Å². The van der Waals surface area contributed by atoms with E-state index in [1.165, 1.54) is 32.1 Å². The fraction of sp³-hybridized carbons (Fsp3) is 0.667. The van der Waals surface area contributed by atoms with Crippen molar-refractivity contribution in [3.05, 3.63) is 29.8 Å². The average molecular weight is 291 g/mol. The van der Waals surface area contributed by atoms with Gasteiger partial charge >= 0.3 is 0 Å². The summed E-state index contributed by atoms with van der Waals surface area (Å²) in [6.07, 6.45) is 6.33. The van der Waals surface area contributed by atoms with Gasteiger partial charge in [0.25, 0.3) is 0 Å². The minimum Gasteiger partial charge on any atom is -0.493 e. The van der Waals surface area contributed by atoms with Crippen LogP contribution in [0.4, 0.5) is 0 Å². The first kappa shape index (κ1) is 16.3. The molecule has 1 atom stereocenters. The third kappa shape index (κ3) is 5.01. The molecule has 1 unspecified atom stereocenters. The van der Waals surface area contributed by atoms with Gasteiger partial charge in [-0.2, -0.15) is 0 Å². The van der Waals surface area contributed by atoms with Gasteiger partial charge in [-0.15, -0.1) is 0 Å². The number of aliphatic hydroxyl groups excluding tert-OH is 1. The Kier molecular flexibility index (Phi) is 6.52. The summed E-state index contributed by atoms with van der Waals surface area (Å²) < 4.78 is 5.61. The number of likely N-dealkylation sites (N-methyl/N-ethyl adjacent to an activating group) is 1. The Bertz CT molecular complexity index is 415. The van der Waals surface area contributed by atoms with Gasteiger partial charge in [-0.3, -0.25) is 0 Å². The van der Waals surface area contributed by atoms with Crippen LogP contribution in [-0.4, -0.2) is 36.8 Å². The fourth-order valence-corrected chi connectivity index (χ4v) is 3.32. The smallest absolute Gasteiger partial charge is 0.125 e. The molecule has 0 aliphatic heterocycles. The van der Waals surface area contributed by atoms with Gasteiger partial charge in [-0.25, -0.2) is 0 Å². The lowest BCUT2D eigenvalue weighted by Crippen LogP contribution is -2.31. The zero-order chi connectivity index (χ0) is 15.1. The van der Waals surface area contributed by atoms with Crippen molar-refractivity contribution < 1.29 is 9.84 Å². The topological polar surface area (TPSA) is 32.7 Å². The Morgan fingerprint density at radius 1 is 1.24 bits per heavy atom. The highest BCUT2D eigenvalue weighted by molar-refractivity contribution is 5.35. The van der Waals surface area contributed by atoms with Crippen molar-refractivity contribution in [2.24, 2.45) is 5.92 Å². The highest BCUT2D eigenvalue weighted by atomic mass is 16.5. The van der Waals surface area contributed by atoms with Crippen LogP contribution in [0.5, 0.6) is 5.75 Å². The van der Waals surface area contributed by atoms with Crippen LogP contribution in [0.3, 0.4) is 0 Å². The highest BCUT2D eigenvalue weighted by Crippen LogP contribution is 2.27. The summed E-state index contributed by atoms with van der Waals surface area (Å²) in [5, 5.41) is 10.5. The quantitative estimate of drug-likeness (QED) is 0.832. The lowest BCUT2D eigenvalue weighted by molar-refractivity contribution is 0.110. The summed E-state index contributed by atoms with van der Waals surface area (Å²) in [4.78, 5) is 2.27. The molecule has 1 aliphatic rings. The van der Waals surface area contributed by atoms with Crippen molar-refractivity contribution in [2.75, 3.05) is 26.7 Å². The number of nitrogens with zero attached hydrogens (tertiary/aromatic N) is 1. The van der Waals surface area contributed by atoms with E-state index in [9.17, 15) is 5.11 Å². The minimum atomic E-state index is -0.485. The van der Waals surface area contributed by atoms with Crippen molar-refractivity contribution in [1.29, 1.82) is 0 Å². The van der Waals surface area contributed by atoms with E-state index in [0.29, 0.717) is 13.2 Å². The van der Waals surface area contributed by atoms with Crippen molar-refractivity contribution >= 4 is 0 Å². The van der Waals surface area contributed by atoms with Crippen molar-refractivity contribution in [2.45, 2.75) is 45.1 Å². The number of aliphatic hydroxyl groups is 1. The highest BCUT2D eigenvalue weighted by Gasteiger charge is 2.19. The van der Waals surface area contributed by atoms with Crippen molar-refractivity contribution in [3.63, 3.8) is 0 Å². The molecule has 2 rings (SSSR count). The van der Waals surface area contributed by atoms with Crippen LogP contribution in [0.15, 0.2) is 24.3 Å². The largest absolute Gasteiger partial charge is 0.493 e. The summed E-state index contributed by atoms with van der Waals surface area (Å²) in [5.41, 5.74) is 0.898. The SMILES string of the molecule is CCOc1ccccc1C(O)CN(C)CC1CCCCC1. The predicted molar refractivity (Wildman–Crippen MR) is 86.6 cm³/mol. The number of hydrogen-bond acceptors (Lipinski definition) is 3. The Morgan fingerprint density at radius 2 is 1.95 bits per heavy atom. The summed E-state index contributed by atoms with van der Waals surface area (Å²) in [5.74, 6) is 1.61. The molecule has 1 aromatic carbocycles. The van der Waals surface area contributed by atoms with Crippen LogP contribution in [-0.2, 0) is 0 Å². The number of rotatable bonds is 7. The molecule has 1 aromatic rings. The van der Waals surface area contributed by atoms with E-state index < -0.39 is 6.10 Å². The molecule has 1 fully saturated rings. The van der Waals surface area contributed by atoms with Gasteiger partial charge in [0.2, 0.25) is 0 Å². The fourth-order valence-electron chi connectivity index (χ4n) is 3.32. The van der Waals surface area contributed by atoms with Crippen LogP contribution in [0, 0.1) is 5.92 Å². The third-order valence-electron chi connectivity index (χ3n) is 4.36. The summed E-state index contributed by atoms with van der Waals surface area (Å²) >= 11 is 0. The van der Waals surface area contributed by atoms with Crippen molar-refractivity contribution in [3.8, 4) is 5.75 Å². The number of para-hydroxylation sites is 1. The molecular formula is C18H29NO2. The van der Waals surface area contributed by atoms with E-state index in [2.05, 4.69) is 11.9 Å². The lowest BCUT2D eigenvalue weighted by Gasteiger charge is -2.28. The van der Waals surface area contributed by atoms with Gasteiger partial charge in [0.05, 0.1) is 12.7 Å². The van der Waals surface area contributed by atoms with E-state index in [4.69, 9.17) is 4.74 Å². The predicted octanol–water partition coefficient (Wildman–Crippen LogP) is 3.63. The molecule has 0 spiro atoms. The second-order valence-corrected chi connectivity index (χ2v) is 6.21. The molecule has 1 aliphatic carbocycles. The van der Waals surface area contributed by atoms with Crippen LogP contribution < -0.4 is 4.74 Å². The monoisotopic (exact) mass is 291 g/mol. The van der Waals surface area contributed by atoms with Crippen LogP contribution in [0.2, 0.25) is 0 Å². The van der Waals surface area contributed by atoms with Gasteiger partial charge in [0.1, 0.15) is 5.75 Å². The standard InChI is InChI=1S/C18H29NO2/c1-3-21-18-12-8-7-11-16(18)17(20)14-19(2)13-15-9-5-4-6-10-15/h7-8,11-12,15,17,20H,3-6,9-10,13-14H2,1-2H3. The Hall–Kier alpha value is -1.06. The maximum absolute atomic E-state index is 10.5. The maximum atomic E-state index is 10.5. The first-order chi connectivity index (χ1) is 10.2. The zero-order valence-electron chi connectivity index (χ0n) is 13.4. The van der Waals surface area contributed by atoms with E-state index in [-0.39, 0.29) is 0 Å². The van der Waals surface area contributed by atoms with E-state index in [1.54, 1.807) is 0 Å². The van der Waals surface area contributed by atoms with Crippen LogP contribution in [0.1, 0.15) is 50.7 Å². The first-order valence-corrected chi connectivity index (χ1v) is 8.29. The molecular weight excluding hydrogens is 262 g/mol. The summed E-state index contributed by atoms with van der Waals surface area (Å²) in [7, 11) is 2.11. The lowest BCUT2D eigenvalue weighted by atomic mass is 9.89. The first-order valence-electron chi connectivity index (χ1n) is 8.29.